The number of rotatable bonds is 8. The number of hydrogen-bond acceptors (Lipinski definition) is 3. The van der Waals surface area contributed by atoms with Gasteiger partial charge in [-0.25, -0.2) is 4.79 Å². The van der Waals surface area contributed by atoms with Crippen LogP contribution in [0.1, 0.15) is 20.8 Å². The largest absolute Gasteiger partial charge is 0.481 e. The Morgan fingerprint density at radius 1 is 1.28 bits per heavy atom. The van der Waals surface area contributed by atoms with Crippen molar-refractivity contribution in [1.29, 1.82) is 0 Å². The average Bonchev–Trinajstić information content (AvgIpc) is 2.34. The van der Waals surface area contributed by atoms with E-state index >= 15 is 0 Å². The van der Waals surface area contributed by atoms with Crippen molar-refractivity contribution in [2.45, 2.75) is 20.8 Å². The molecule has 0 heterocycles. The summed E-state index contributed by atoms with van der Waals surface area (Å²) in [5.41, 5.74) is 0. The SMILES string of the molecule is CCN(C)CCNC(=O)N(CC)CC(C)C(=O)O. The van der Waals surface area contributed by atoms with Crippen LogP contribution in [0.3, 0.4) is 0 Å². The molecule has 2 amide bonds. The first kappa shape index (κ1) is 16.7. The lowest BCUT2D eigenvalue weighted by Gasteiger charge is -2.24. The fourth-order valence-electron chi connectivity index (χ4n) is 1.39. The molecular weight excluding hydrogens is 234 g/mol. The van der Waals surface area contributed by atoms with Gasteiger partial charge in [-0.15, -0.1) is 0 Å². The summed E-state index contributed by atoms with van der Waals surface area (Å²) in [7, 11) is 1.98. The van der Waals surface area contributed by atoms with Gasteiger partial charge in [0.15, 0.2) is 0 Å². The van der Waals surface area contributed by atoms with E-state index < -0.39 is 11.9 Å². The van der Waals surface area contributed by atoms with E-state index in [1.54, 1.807) is 6.92 Å². The van der Waals surface area contributed by atoms with Crippen LogP contribution < -0.4 is 5.32 Å². The van der Waals surface area contributed by atoms with E-state index in [1.165, 1.54) is 4.90 Å². The molecule has 1 unspecified atom stereocenters. The lowest BCUT2D eigenvalue weighted by atomic mass is 10.2. The van der Waals surface area contributed by atoms with Gasteiger partial charge < -0.3 is 20.2 Å². The standard InChI is InChI=1S/C12H25N3O3/c1-5-14(4)8-7-13-12(18)15(6-2)9-10(3)11(16)17/h10H,5-9H2,1-4H3,(H,13,18)(H,16,17). The second kappa shape index (κ2) is 8.74. The van der Waals surface area contributed by atoms with Gasteiger partial charge in [0.2, 0.25) is 0 Å². The Morgan fingerprint density at radius 3 is 2.33 bits per heavy atom. The van der Waals surface area contributed by atoms with Crippen LogP contribution >= 0.6 is 0 Å². The Balaban J connectivity index is 4.07. The second-order valence-electron chi connectivity index (χ2n) is 4.41. The Hall–Kier alpha value is -1.30. The Morgan fingerprint density at radius 2 is 1.89 bits per heavy atom. The van der Waals surface area contributed by atoms with Crippen LogP contribution in [0.25, 0.3) is 0 Å². The van der Waals surface area contributed by atoms with Crippen LogP contribution in [-0.2, 0) is 4.79 Å². The molecule has 0 aliphatic carbocycles. The molecule has 0 radical (unpaired) electrons. The summed E-state index contributed by atoms with van der Waals surface area (Å²) < 4.78 is 0. The van der Waals surface area contributed by atoms with Gasteiger partial charge in [-0.1, -0.05) is 13.8 Å². The van der Waals surface area contributed by atoms with Crippen molar-refractivity contribution in [3.63, 3.8) is 0 Å². The lowest BCUT2D eigenvalue weighted by Crippen LogP contribution is -2.45. The van der Waals surface area contributed by atoms with E-state index in [9.17, 15) is 9.59 Å². The van der Waals surface area contributed by atoms with Crippen LogP contribution in [0.2, 0.25) is 0 Å². The summed E-state index contributed by atoms with van der Waals surface area (Å²) in [5, 5.41) is 11.6. The van der Waals surface area contributed by atoms with Crippen molar-refractivity contribution in [1.82, 2.24) is 15.1 Å². The molecule has 0 aromatic heterocycles. The van der Waals surface area contributed by atoms with Crippen molar-refractivity contribution in [2.75, 3.05) is 39.8 Å². The van der Waals surface area contributed by atoms with Gasteiger partial charge in [-0.3, -0.25) is 4.79 Å². The third-order valence-corrected chi connectivity index (χ3v) is 2.89. The molecule has 6 heteroatoms. The zero-order valence-electron chi connectivity index (χ0n) is 11.8. The fraction of sp³-hybridized carbons (Fsp3) is 0.833. The first-order valence-electron chi connectivity index (χ1n) is 6.36. The van der Waals surface area contributed by atoms with Crippen molar-refractivity contribution in [3.8, 4) is 0 Å². The number of nitrogens with one attached hydrogen (secondary N) is 1. The molecule has 1 atom stereocenters. The van der Waals surface area contributed by atoms with Crippen LogP contribution in [-0.4, -0.2) is 66.7 Å². The number of amides is 2. The number of nitrogens with zero attached hydrogens (tertiary/aromatic N) is 2. The number of carboxylic acids is 1. The molecular formula is C12H25N3O3. The van der Waals surface area contributed by atoms with Gasteiger partial charge in [0.05, 0.1) is 5.92 Å². The van der Waals surface area contributed by atoms with Crippen LogP contribution in [0.4, 0.5) is 4.79 Å². The highest BCUT2D eigenvalue weighted by molar-refractivity contribution is 5.75. The molecule has 0 aromatic carbocycles. The molecule has 0 fully saturated rings. The van der Waals surface area contributed by atoms with Gasteiger partial charge in [0, 0.05) is 26.2 Å². The van der Waals surface area contributed by atoms with E-state index in [0.29, 0.717) is 13.1 Å². The van der Waals surface area contributed by atoms with Crippen LogP contribution in [0.5, 0.6) is 0 Å². The minimum absolute atomic E-state index is 0.199. The quantitative estimate of drug-likeness (QED) is 0.672. The molecule has 0 rings (SSSR count). The Bertz CT molecular complexity index is 271. The maximum atomic E-state index is 11.8. The van der Waals surface area contributed by atoms with E-state index in [0.717, 1.165) is 13.1 Å². The van der Waals surface area contributed by atoms with E-state index in [4.69, 9.17) is 5.11 Å². The van der Waals surface area contributed by atoms with Crippen molar-refractivity contribution in [3.05, 3.63) is 0 Å². The topological polar surface area (TPSA) is 72.9 Å². The zero-order chi connectivity index (χ0) is 14.1. The third-order valence-electron chi connectivity index (χ3n) is 2.89. The molecule has 2 N–H and O–H groups in total. The average molecular weight is 259 g/mol. The summed E-state index contributed by atoms with van der Waals surface area (Å²) >= 11 is 0. The summed E-state index contributed by atoms with van der Waals surface area (Å²) in [6, 6.07) is -0.199. The third kappa shape index (κ3) is 6.44. The van der Waals surface area contributed by atoms with Crippen molar-refractivity contribution >= 4 is 12.0 Å². The molecule has 0 saturated heterocycles. The minimum Gasteiger partial charge on any atom is -0.481 e. The molecule has 18 heavy (non-hydrogen) atoms. The minimum atomic E-state index is -0.882. The highest BCUT2D eigenvalue weighted by Gasteiger charge is 2.18. The van der Waals surface area contributed by atoms with Crippen molar-refractivity contribution < 1.29 is 14.7 Å². The summed E-state index contributed by atoms with van der Waals surface area (Å²) in [6.45, 7) is 8.53. The number of likely N-dealkylation sites (N-methyl/N-ethyl adjacent to an activating group) is 1. The maximum Gasteiger partial charge on any atom is 0.317 e. The highest BCUT2D eigenvalue weighted by atomic mass is 16.4. The first-order chi connectivity index (χ1) is 8.42. The second-order valence-corrected chi connectivity index (χ2v) is 4.41. The fourth-order valence-corrected chi connectivity index (χ4v) is 1.39. The molecule has 0 spiro atoms. The normalized spacial score (nSPS) is 12.3. The smallest absolute Gasteiger partial charge is 0.317 e. The summed E-state index contributed by atoms with van der Waals surface area (Å²) in [6.07, 6.45) is 0. The number of hydrogen-bond donors (Lipinski definition) is 2. The van der Waals surface area contributed by atoms with E-state index in [-0.39, 0.29) is 12.6 Å². The number of carbonyl (C=O) groups is 2. The zero-order valence-corrected chi connectivity index (χ0v) is 11.8. The molecule has 0 bridgehead atoms. The monoisotopic (exact) mass is 259 g/mol. The highest BCUT2D eigenvalue weighted by Crippen LogP contribution is 2.00. The lowest BCUT2D eigenvalue weighted by molar-refractivity contribution is -0.141. The van der Waals surface area contributed by atoms with Gasteiger partial charge in [0.1, 0.15) is 0 Å². The number of urea groups is 1. The predicted molar refractivity (Wildman–Crippen MR) is 70.6 cm³/mol. The molecule has 0 aliphatic rings. The Labute approximate surface area is 109 Å². The predicted octanol–water partition coefficient (Wildman–Crippen LogP) is 0.690. The van der Waals surface area contributed by atoms with Gasteiger partial charge in [-0.05, 0) is 20.5 Å². The first-order valence-corrected chi connectivity index (χ1v) is 6.36. The van der Waals surface area contributed by atoms with Crippen LogP contribution in [0, 0.1) is 5.92 Å². The van der Waals surface area contributed by atoms with Crippen molar-refractivity contribution in [2.24, 2.45) is 5.92 Å². The van der Waals surface area contributed by atoms with Gasteiger partial charge in [-0.2, -0.15) is 0 Å². The number of carbonyl (C=O) groups excluding carboxylic acids is 1. The number of carboxylic acid groups (broad SMARTS) is 1. The summed E-state index contributed by atoms with van der Waals surface area (Å²) in [5.74, 6) is -1.43. The molecule has 0 aliphatic heterocycles. The summed E-state index contributed by atoms with van der Waals surface area (Å²) in [4.78, 5) is 26.2. The van der Waals surface area contributed by atoms with Crippen LogP contribution in [0.15, 0.2) is 0 Å². The van der Waals surface area contributed by atoms with Gasteiger partial charge in [0.25, 0.3) is 0 Å². The Kier molecular flexibility index (Phi) is 8.11. The van der Waals surface area contributed by atoms with E-state index in [2.05, 4.69) is 17.1 Å². The molecule has 6 nitrogen and oxygen atoms in total. The maximum absolute atomic E-state index is 11.8. The number of aliphatic carboxylic acids is 1. The van der Waals surface area contributed by atoms with Gasteiger partial charge >= 0.3 is 12.0 Å². The molecule has 0 saturated carbocycles. The van der Waals surface area contributed by atoms with E-state index in [1.807, 2.05) is 14.0 Å². The molecule has 106 valence electrons. The molecule has 0 aromatic rings.